The van der Waals surface area contributed by atoms with Crippen LogP contribution in [-0.4, -0.2) is 36.6 Å². The highest BCUT2D eigenvalue weighted by Gasteiger charge is 2.43. The number of ether oxygens (including phenoxy) is 1. The van der Waals surface area contributed by atoms with Crippen LogP contribution < -0.4 is 10.6 Å². The Morgan fingerprint density at radius 1 is 1.38 bits per heavy atom. The third-order valence-corrected chi connectivity index (χ3v) is 7.83. The van der Waals surface area contributed by atoms with Gasteiger partial charge in [-0.2, -0.15) is 5.26 Å². The molecule has 3 heterocycles. The van der Waals surface area contributed by atoms with Crippen LogP contribution in [0.1, 0.15) is 48.1 Å². The second-order valence-corrected chi connectivity index (χ2v) is 9.75. The second kappa shape index (κ2) is 9.74. The Kier molecular flexibility index (Phi) is 6.76. The number of nitrogens with two attached hydrogens (primary N) is 1. The van der Waals surface area contributed by atoms with Gasteiger partial charge in [-0.3, -0.25) is 9.59 Å². The zero-order chi connectivity index (χ0) is 24.3. The molecule has 1 aromatic heterocycles. The van der Waals surface area contributed by atoms with Gasteiger partial charge in [0.25, 0.3) is 0 Å². The van der Waals surface area contributed by atoms with E-state index in [1.54, 1.807) is 0 Å². The lowest BCUT2D eigenvalue weighted by Gasteiger charge is -2.38. The summed E-state index contributed by atoms with van der Waals surface area (Å²) in [6, 6.07) is 11.4. The minimum absolute atomic E-state index is 0.145. The molecule has 2 fully saturated rings. The van der Waals surface area contributed by atoms with Crippen molar-refractivity contribution < 1.29 is 14.3 Å². The number of aromatic nitrogens is 1. The summed E-state index contributed by atoms with van der Waals surface area (Å²) in [5.74, 6) is -0.163. The number of pyridine rings is 1. The van der Waals surface area contributed by atoms with Crippen molar-refractivity contribution in [1.29, 1.82) is 5.26 Å². The zero-order valence-corrected chi connectivity index (χ0v) is 19.7. The van der Waals surface area contributed by atoms with Gasteiger partial charge in [0, 0.05) is 18.5 Å². The Hall–Kier alpha value is -3.56. The number of anilines is 1. The van der Waals surface area contributed by atoms with Crippen LogP contribution in [0.3, 0.4) is 0 Å². The van der Waals surface area contributed by atoms with Crippen LogP contribution in [-0.2, 0) is 20.7 Å². The number of esters is 1. The molecule has 8 nitrogen and oxygen atoms in total. The number of primary amides is 1. The number of benzene rings is 1. The van der Waals surface area contributed by atoms with Gasteiger partial charge in [0.1, 0.15) is 22.2 Å². The number of carbonyl (C=O) groups is 2. The first-order valence-corrected chi connectivity index (χ1v) is 12.0. The molecule has 174 valence electrons. The molecule has 1 spiro atoms. The summed E-state index contributed by atoms with van der Waals surface area (Å²) in [7, 11) is 0. The molecule has 2 aliphatic heterocycles. The van der Waals surface area contributed by atoms with Crippen LogP contribution in [0.4, 0.5) is 11.5 Å². The van der Waals surface area contributed by atoms with Crippen LogP contribution in [0.15, 0.2) is 35.4 Å². The third-order valence-electron chi connectivity index (χ3n) is 6.57. The van der Waals surface area contributed by atoms with Gasteiger partial charge in [-0.25, -0.2) is 9.83 Å². The summed E-state index contributed by atoms with van der Waals surface area (Å²) in [5, 5.41) is 9.63. The summed E-state index contributed by atoms with van der Waals surface area (Å²) in [5.41, 5.74) is 7.61. The second-order valence-electron chi connectivity index (χ2n) is 8.66. The van der Waals surface area contributed by atoms with E-state index in [4.69, 9.17) is 22.0 Å². The number of nitriles is 1. The van der Waals surface area contributed by atoms with Gasteiger partial charge < -0.3 is 15.4 Å². The predicted molar refractivity (Wildman–Crippen MR) is 128 cm³/mol. The molecule has 4 rings (SSSR count). The minimum Gasteiger partial charge on any atom is -0.465 e. The maximum Gasteiger partial charge on any atom is 0.306 e. The predicted octanol–water partition coefficient (Wildman–Crippen LogP) is 3.92. The Balaban J connectivity index is 1.72. The Morgan fingerprint density at radius 3 is 2.62 bits per heavy atom. The Labute approximate surface area is 202 Å². The van der Waals surface area contributed by atoms with E-state index in [1.807, 2.05) is 42.2 Å². The molecule has 2 saturated heterocycles. The smallest absolute Gasteiger partial charge is 0.306 e. The van der Waals surface area contributed by atoms with Crippen molar-refractivity contribution in [2.45, 2.75) is 42.9 Å². The van der Waals surface area contributed by atoms with Crippen LogP contribution >= 0.6 is 11.8 Å². The van der Waals surface area contributed by atoms with Crippen LogP contribution in [0.25, 0.3) is 4.85 Å². The van der Waals surface area contributed by atoms with E-state index < -0.39 is 11.2 Å². The number of carbonyl (C=O) groups excluding carboxylic acids is 2. The maximum atomic E-state index is 12.3. The van der Waals surface area contributed by atoms with E-state index in [1.165, 1.54) is 0 Å². The molecule has 34 heavy (non-hydrogen) atoms. The molecule has 2 aromatic rings. The zero-order valence-electron chi connectivity index (χ0n) is 18.9. The molecule has 1 aromatic carbocycles. The van der Waals surface area contributed by atoms with Gasteiger partial charge in [-0.05, 0) is 30.4 Å². The summed E-state index contributed by atoms with van der Waals surface area (Å²) in [6.07, 6.45) is 2.43. The van der Waals surface area contributed by atoms with E-state index in [2.05, 4.69) is 10.9 Å². The topological polar surface area (TPSA) is 114 Å². The molecule has 1 atom stereocenters. The summed E-state index contributed by atoms with van der Waals surface area (Å²) in [6.45, 7) is 11.4. The molecule has 2 N–H and O–H groups in total. The van der Waals surface area contributed by atoms with Crippen LogP contribution in [0, 0.1) is 23.3 Å². The van der Waals surface area contributed by atoms with E-state index in [-0.39, 0.29) is 11.4 Å². The summed E-state index contributed by atoms with van der Waals surface area (Å²) in [4.78, 5) is 34.6. The number of thioether (sulfide) groups is 1. The average Bonchev–Trinajstić information content (AvgIpc) is 3.21. The number of hydrogen-bond donors (Lipinski definition) is 1. The van der Waals surface area contributed by atoms with Gasteiger partial charge in [-0.1, -0.05) is 49.0 Å². The first-order valence-electron chi connectivity index (χ1n) is 11.2. The fraction of sp³-hybridized carbons (Fsp3) is 0.400. The molecule has 1 unspecified atom stereocenters. The van der Waals surface area contributed by atoms with E-state index in [0.29, 0.717) is 60.2 Å². The largest absolute Gasteiger partial charge is 0.465 e. The fourth-order valence-electron chi connectivity index (χ4n) is 4.66. The number of cyclic esters (lactones) is 1. The van der Waals surface area contributed by atoms with Gasteiger partial charge in [0.15, 0.2) is 0 Å². The molecule has 2 aliphatic rings. The van der Waals surface area contributed by atoms with Crippen molar-refractivity contribution in [2.24, 2.45) is 11.1 Å². The highest BCUT2D eigenvalue weighted by atomic mass is 32.2. The van der Waals surface area contributed by atoms with Gasteiger partial charge in [-0.15, -0.1) is 0 Å². The monoisotopic (exact) mass is 475 g/mol. The summed E-state index contributed by atoms with van der Waals surface area (Å²) < 4.78 is 5.22. The van der Waals surface area contributed by atoms with Gasteiger partial charge in [0.05, 0.1) is 25.2 Å². The number of hydrogen-bond acceptors (Lipinski definition) is 7. The summed E-state index contributed by atoms with van der Waals surface area (Å²) >= 11 is 1.14. The lowest BCUT2D eigenvalue weighted by molar-refractivity contribution is -0.138. The maximum absolute atomic E-state index is 12.3. The van der Waals surface area contributed by atoms with Crippen molar-refractivity contribution in [3.8, 4) is 6.07 Å². The quantitative estimate of drug-likeness (QED) is 0.383. The first kappa shape index (κ1) is 23.6. The van der Waals surface area contributed by atoms with Crippen molar-refractivity contribution >= 4 is 35.1 Å². The lowest BCUT2D eigenvalue weighted by Crippen LogP contribution is -2.41. The minimum atomic E-state index is -0.719. The fourth-order valence-corrected chi connectivity index (χ4v) is 5.71. The van der Waals surface area contributed by atoms with Gasteiger partial charge >= 0.3 is 5.97 Å². The van der Waals surface area contributed by atoms with E-state index in [0.717, 1.165) is 30.2 Å². The van der Waals surface area contributed by atoms with E-state index in [9.17, 15) is 14.9 Å². The molecular weight excluding hydrogens is 450 g/mol. The Bertz CT molecular complexity index is 1190. The van der Waals surface area contributed by atoms with E-state index >= 15 is 0 Å². The van der Waals surface area contributed by atoms with Crippen LogP contribution in [0.2, 0.25) is 0 Å². The SMILES string of the molecule is [C-]#[N+]c1c(N2CCC3(CC2)COC(=O)C3)nc(SC(C(N)=O)c2ccccc2)c(C#N)c1CC. The highest BCUT2D eigenvalue weighted by Crippen LogP contribution is 2.45. The number of nitrogens with zero attached hydrogens (tertiary/aromatic N) is 4. The van der Waals surface area contributed by atoms with Crippen molar-refractivity contribution in [1.82, 2.24) is 4.98 Å². The molecule has 0 saturated carbocycles. The molecule has 0 bridgehead atoms. The number of rotatable bonds is 6. The molecule has 0 radical (unpaired) electrons. The average molecular weight is 476 g/mol. The molecule has 0 aliphatic carbocycles. The third kappa shape index (κ3) is 4.44. The van der Waals surface area contributed by atoms with Gasteiger partial charge in [0.2, 0.25) is 11.6 Å². The normalized spacial score (nSPS) is 17.6. The van der Waals surface area contributed by atoms with Crippen molar-refractivity contribution in [3.05, 3.63) is 58.4 Å². The lowest BCUT2D eigenvalue weighted by atomic mass is 9.78. The molecular formula is C25H25N5O3S. The molecule has 1 amide bonds. The number of piperidine rings is 1. The van der Waals surface area contributed by atoms with Crippen molar-refractivity contribution in [2.75, 3.05) is 24.6 Å². The standard InChI is InChI=1S/C25H25N5O3S/c1-3-17-18(14-26)24(34-21(22(27)32)16-7-5-4-6-8-16)29-23(20(17)28-2)30-11-9-25(10-12-30)13-19(31)33-15-25/h4-8,21H,3,9-13,15H2,1H3,(H2,27,32). The Morgan fingerprint density at radius 2 is 2.09 bits per heavy atom. The van der Waals surface area contributed by atoms with Crippen LogP contribution in [0.5, 0.6) is 0 Å². The first-order chi connectivity index (χ1) is 16.4. The highest BCUT2D eigenvalue weighted by molar-refractivity contribution is 8.00. The van der Waals surface area contributed by atoms with Crippen molar-refractivity contribution in [3.63, 3.8) is 0 Å². The molecule has 9 heteroatoms. The number of amides is 1.